The standard InChI is InChI=1S/C10H6F3N3O2S/c1-18-7-2-5(15-4-16-7)8(17)6-3-14-9(19-6)10(11,12)13/h2-4H,1H3. The molecule has 0 aliphatic heterocycles. The average Bonchev–Trinajstić information content (AvgIpc) is 2.87. The van der Waals surface area contributed by atoms with E-state index < -0.39 is 17.0 Å². The third kappa shape index (κ3) is 2.87. The highest BCUT2D eigenvalue weighted by atomic mass is 32.1. The lowest BCUT2D eigenvalue weighted by atomic mass is 10.2. The molecule has 2 aromatic rings. The lowest BCUT2D eigenvalue weighted by Crippen LogP contribution is -2.04. The van der Waals surface area contributed by atoms with E-state index in [1.54, 1.807) is 0 Å². The van der Waals surface area contributed by atoms with E-state index in [2.05, 4.69) is 15.0 Å². The Labute approximate surface area is 109 Å². The number of thiazole rings is 1. The molecule has 100 valence electrons. The van der Waals surface area contributed by atoms with Gasteiger partial charge in [-0.25, -0.2) is 15.0 Å². The number of halogens is 3. The number of rotatable bonds is 3. The van der Waals surface area contributed by atoms with Crippen LogP contribution in [0.1, 0.15) is 20.4 Å². The van der Waals surface area contributed by atoms with Crippen molar-refractivity contribution < 1.29 is 22.7 Å². The molecule has 0 aromatic carbocycles. The summed E-state index contributed by atoms with van der Waals surface area (Å²) in [6, 6.07) is 1.25. The Morgan fingerprint density at radius 1 is 1.32 bits per heavy atom. The van der Waals surface area contributed by atoms with E-state index in [0.717, 1.165) is 12.5 Å². The van der Waals surface area contributed by atoms with Crippen molar-refractivity contribution >= 4 is 17.1 Å². The van der Waals surface area contributed by atoms with Gasteiger partial charge in [0.05, 0.1) is 12.0 Å². The zero-order chi connectivity index (χ0) is 14.0. The molecule has 0 saturated carbocycles. The van der Waals surface area contributed by atoms with E-state index >= 15 is 0 Å². The molecule has 0 atom stereocenters. The van der Waals surface area contributed by atoms with Gasteiger partial charge < -0.3 is 4.74 Å². The van der Waals surface area contributed by atoms with E-state index in [1.807, 2.05) is 0 Å². The van der Waals surface area contributed by atoms with Gasteiger partial charge in [-0.15, -0.1) is 11.3 Å². The Kier molecular flexibility index (Phi) is 3.47. The Morgan fingerprint density at radius 2 is 2.05 bits per heavy atom. The largest absolute Gasteiger partial charge is 0.481 e. The van der Waals surface area contributed by atoms with Crippen LogP contribution in [0.3, 0.4) is 0 Å². The Morgan fingerprint density at radius 3 is 2.63 bits per heavy atom. The minimum Gasteiger partial charge on any atom is -0.481 e. The summed E-state index contributed by atoms with van der Waals surface area (Å²) < 4.78 is 41.9. The first-order valence-corrected chi connectivity index (χ1v) is 5.67. The number of hydrogen-bond donors (Lipinski definition) is 0. The van der Waals surface area contributed by atoms with E-state index in [9.17, 15) is 18.0 Å². The van der Waals surface area contributed by atoms with Crippen molar-refractivity contribution in [3.63, 3.8) is 0 Å². The minimum absolute atomic E-state index is 0.0516. The Balaban J connectivity index is 2.31. The predicted octanol–water partition coefficient (Wildman–Crippen LogP) is 2.19. The van der Waals surface area contributed by atoms with Gasteiger partial charge >= 0.3 is 6.18 Å². The van der Waals surface area contributed by atoms with Crippen molar-refractivity contribution in [2.75, 3.05) is 7.11 Å². The van der Waals surface area contributed by atoms with Crippen LogP contribution in [0.15, 0.2) is 18.6 Å². The summed E-state index contributed by atoms with van der Waals surface area (Å²) in [5, 5.41) is -1.07. The maximum absolute atomic E-state index is 12.4. The van der Waals surface area contributed by atoms with E-state index in [0.29, 0.717) is 0 Å². The van der Waals surface area contributed by atoms with E-state index in [4.69, 9.17) is 4.74 Å². The first-order chi connectivity index (χ1) is 8.91. The van der Waals surface area contributed by atoms with Gasteiger partial charge in [0.25, 0.3) is 0 Å². The van der Waals surface area contributed by atoms with E-state index in [-0.39, 0.29) is 27.8 Å². The highest BCUT2D eigenvalue weighted by Gasteiger charge is 2.35. The van der Waals surface area contributed by atoms with Crippen LogP contribution in [0.4, 0.5) is 13.2 Å². The monoisotopic (exact) mass is 289 g/mol. The summed E-state index contributed by atoms with van der Waals surface area (Å²) in [7, 11) is 1.35. The van der Waals surface area contributed by atoms with Gasteiger partial charge in [-0.2, -0.15) is 13.2 Å². The average molecular weight is 289 g/mol. The van der Waals surface area contributed by atoms with Gasteiger partial charge in [0.2, 0.25) is 11.7 Å². The van der Waals surface area contributed by atoms with Gasteiger partial charge in [-0.1, -0.05) is 0 Å². The summed E-state index contributed by atoms with van der Waals surface area (Å²) in [6.07, 6.45) is -2.59. The van der Waals surface area contributed by atoms with Crippen LogP contribution in [0, 0.1) is 0 Å². The molecule has 9 heteroatoms. The highest BCUT2D eigenvalue weighted by Crippen LogP contribution is 2.33. The van der Waals surface area contributed by atoms with Crippen molar-refractivity contribution in [3.05, 3.63) is 34.2 Å². The van der Waals surface area contributed by atoms with Crippen LogP contribution >= 0.6 is 11.3 Å². The second-order valence-corrected chi connectivity index (χ2v) is 4.33. The molecule has 0 N–H and O–H groups in total. The number of aromatic nitrogens is 3. The molecule has 2 aromatic heterocycles. The molecule has 2 heterocycles. The van der Waals surface area contributed by atoms with Gasteiger partial charge in [-0.05, 0) is 0 Å². The topological polar surface area (TPSA) is 65.0 Å². The molecule has 0 spiro atoms. The Hall–Kier alpha value is -2.03. The first-order valence-electron chi connectivity index (χ1n) is 4.85. The predicted molar refractivity (Wildman–Crippen MR) is 59.1 cm³/mol. The molecule has 0 unspecified atom stereocenters. The highest BCUT2D eigenvalue weighted by molar-refractivity contribution is 7.13. The third-order valence-corrected chi connectivity index (χ3v) is 3.10. The molecule has 0 radical (unpaired) electrons. The molecule has 0 bridgehead atoms. The lowest BCUT2D eigenvalue weighted by Gasteiger charge is -2.00. The van der Waals surface area contributed by atoms with Crippen molar-refractivity contribution in [1.29, 1.82) is 0 Å². The molecule has 0 amide bonds. The molecular formula is C10H6F3N3O2S. The summed E-state index contributed by atoms with van der Waals surface area (Å²) in [5.74, 6) is -0.507. The normalized spacial score (nSPS) is 11.4. The van der Waals surface area contributed by atoms with Crippen molar-refractivity contribution in [3.8, 4) is 5.88 Å². The Bertz CT molecular complexity index is 612. The number of carbonyl (C=O) groups excluding carboxylic acids is 1. The maximum Gasteiger partial charge on any atom is 0.443 e. The fourth-order valence-corrected chi connectivity index (χ4v) is 1.94. The quantitative estimate of drug-likeness (QED) is 0.810. The summed E-state index contributed by atoms with van der Waals surface area (Å²) in [5.41, 5.74) is -0.0516. The number of methoxy groups -OCH3 is 1. The fourth-order valence-electron chi connectivity index (χ4n) is 1.21. The van der Waals surface area contributed by atoms with Crippen molar-refractivity contribution in [1.82, 2.24) is 15.0 Å². The molecule has 0 fully saturated rings. The van der Waals surface area contributed by atoms with Crippen LogP contribution in [0.2, 0.25) is 0 Å². The molecule has 2 rings (SSSR count). The number of ketones is 1. The van der Waals surface area contributed by atoms with Crippen molar-refractivity contribution in [2.45, 2.75) is 6.18 Å². The molecule has 0 aliphatic carbocycles. The number of ether oxygens (including phenoxy) is 1. The van der Waals surface area contributed by atoms with Gasteiger partial charge in [0, 0.05) is 12.3 Å². The minimum atomic E-state index is -4.56. The molecule has 19 heavy (non-hydrogen) atoms. The van der Waals surface area contributed by atoms with Gasteiger partial charge in [0.1, 0.15) is 12.0 Å². The van der Waals surface area contributed by atoms with Crippen LogP contribution in [-0.4, -0.2) is 27.8 Å². The second-order valence-electron chi connectivity index (χ2n) is 3.30. The molecular weight excluding hydrogens is 283 g/mol. The van der Waals surface area contributed by atoms with Crippen LogP contribution < -0.4 is 4.74 Å². The summed E-state index contributed by atoms with van der Waals surface area (Å²) in [4.78, 5) is 22.3. The maximum atomic E-state index is 12.4. The van der Waals surface area contributed by atoms with Gasteiger partial charge in [0.15, 0.2) is 5.01 Å². The number of nitrogens with zero attached hydrogens (tertiary/aromatic N) is 3. The van der Waals surface area contributed by atoms with Gasteiger partial charge in [-0.3, -0.25) is 4.79 Å². The molecule has 0 aliphatic rings. The van der Waals surface area contributed by atoms with E-state index in [1.165, 1.54) is 13.2 Å². The van der Waals surface area contributed by atoms with Crippen LogP contribution in [-0.2, 0) is 6.18 Å². The van der Waals surface area contributed by atoms with Crippen LogP contribution in [0.25, 0.3) is 0 Å². The molecule has 5 nitrogen and oxygen atoms in total. The zero-order valence-electron chi connectivity index (χ0n) is 9.43. The smallest absolute Gasteiger partial charge is 0.443 e. The molecule has 0 saturated heterocycles. The van der Waals surface area contributed by atoms with Crippen LogP contribution in [0.5, 0.6) is 5.88 Å². The number of alkyl halides is 3. The third-order valence-electron chi connectivity index (χ3n) is 2.06. The summed E-state index contributed by atoms with van der Waals surface area (Å²) >= 11 is 0.269. The fraction of sp³-hybridized carbons (Fsp3) is 0.200. The summed E-state index contributed by atoms with van der Waals surface area (Å²) in [6.45, 7) is 0. The zero-order valence-corrected chi connectivity index (χ0v) is 10.2. The van der Waals surface area contributed by atoms with Crippen molar-refractivity contribution in [2.24, 2.45) is 0 Å². The lowest BCUT2D eigenvalue weighted by molar-refractivity contribution is -0.137. The SMILES string of the molecule is COc1cc(C(=O)c2cnc(C(F)(F)F)s2)ncn1. The second kappa shape index (κ2) is 4.92. The first kappa shape index (κ1) is 13.4. The number of hydrogen-bond acceptors (Lipinski definition) is 6. The number of carbonyl (C=O) groups is 1.